The molecule has 1 aromatic heterocycles. The molecule has 0 spiro atoms. The number of rotatable bonds is 10. The summed E-state index contributed by atoms with van der Waals surface area (Å²) in [6, 6.07) is 16.7. The molecule has 0 aliphatic rings. The highest BCUT2D eigenvalue weighted by molar-refractivity contribution is 5.72. The van der Waals surface area contributed by atoms with E-state index in [-0.39, 0.29) is 11.9 Å². The first-order chi connectivity index (χ1) is 15.1. The molecule has 0 saturated heterocycles. The highest BCUT2D eigenvalue weighted by atomic mass is 16.5. The van der Waals surface area contributed by atoms with Crippen LogP contribution in [0.15, 0.2) is 54.7 Å². The van der Waals surface area contributed by atoms with Gasteiger partial charge in [-0.3, -0.25) is 4.79 Å². The summed E-state index contributed by atoms with van der Waals surface area (Å²) in [5, 5.41) is 5.96. The van der Waals surface area contributed by atoms with E-state index in [4.69, 9.17) is 9.47 Å². The van der Waals surface area contributed by atoms with Gasteiger partial charge in [0.2, 0.25) is 11.8 Å². The Morgan fingerprint density at radius 1 is 1.03 bits per heavy atom. The molecule has 0 aliphatic carbocycles. The maximum absolute atomic E-state index is 10.9. The van der Waals surface area contributed by atoms with Crippen LogP contribution in [0.4, 0.5) is 0 Å². The second-order valence-corrected chi connectivity index (χ2v) is 7.09. The molecular formula is C24H28N4O3. The molecule has 3 rings (SSSR count). The minimum absolute atomic E-state index is 0.0474. The SMILES string of the molecule is COc1nc(OCc2cccc(-c3ccccc3)c2C)ncc1CNCCNC(C)=O. The first kappa shape index (κ1) is 22.2. The number of benzene rings is 2. The summed E-state index contributed by atoms with van der Waals surface area (Å²) in [6.07, 6.45) is 1.69. The molecule has 2 aromatic carbocycles. The van der Waals surface area contributed by atoms with Gasteiger partial charge >= 0.3 is 6.01 Å². The van der Waals surface area contributed by atoms with E-state index in [9.17, 15) is 4.79 Å². The van der Waals surface area contributed by atoms with Crippen molar-refractivity contribution in [2.24, 2.45) is 0 Å². The van der Waals surface area contributed by atoms with E-state index in [1.807, 2.05) is 30.3 Å². The van der Waals surface area contributed by atoms with Crippen LogP contribution in [0.3, 0.4) is 0 Å². The molecule has 0 unspecified atom stereocenters. The predicted octanol–water partition coefficient (Wildman–Crippen LogP) is 3.27. The summed E-state index contributed by atoms with van der Waals surface area (Å²) >= 11 is 0. The molecule has 2 N–H and O–H groups in total. The number of hydrogen-bond donors (Lipinski definition) is 2. The topological polar surface area (TPSA) is 85.4 Å². The summed E-state index contributed by atoms with van der Waals surface area (Å²) in [5.74, 6) is 0.417. The zero-order chi connectivity index (χ0) is 22.1. The Morgan fingerprint density at radius 2 is 1.84 bits per heavy atom. The number of methoxy groups -OCH3 is 1. The van der Waals surface area contributed by atoms with Crippen molar-refractivity contribution < 1.29 is 14.3 Å². The molecule has 1 heterocycles. The lowest BCUT2D eigenvalue weighted by Gasteiger charge is -2.13. The number of carbonyl (C=O) groups is 1. The van der Waals surface area contributed by atoms with Crippen LogP contribution in [0, 0.1) is 6.92 Å². The van der Waals surface area contributed by atoms with Gasteiger partial charge in [-0.05, 0) is 29.2 Å². The smallest absolute Gasteiger partial charge is 0.320 e. The third-order valence-corrected chi connectivity index (χ3v) is 4.87. The van der Waals surface area contributed by atoms with Gasteiger partial charge in [0.05, 0.1) is 7.11 Å². The molecule has 0 fully saturated rings. The van der Waals surface area contributed by atoms with Gasteiger partial charge in [0, 0.05) is 38.3 Å². The molecule has 0 saturated carbocycles. The Bertz CT molecular complexity index is 1010. The lowest BCUT2D eigenvalue weighted by molar-refractivity contribution is -0.118. The first-order valence-corrected chi connectivity index (χ1v) is 10.2. The van der Waals surface area contributed by atoms with Crippen molar-refractivity contribution in [2.75, 3.05) is 20.2 Å². The monoisotopic (exact) mass is 420 g/mol. The number of hydrogen-bond acceptors (Lipinski definition) is 6. The Balaban J connectivity index is 1.62. The van der Waals surface area contributed by atoms with E-state index >= 15 is 0 Å². The summed E-state index contributed by atoms with van der Waals surface area (Å²) in [4.78, 5) is 19.6. The maximum Gasteiger partial charge on any atom is 0.320 e. The summed E-state index contributed by atoms with van der Waals surface area (Å²) < 4.78 is 11.3. The average Bonchev–Trinajstić information content (AvgIpc) is 2.79. The largest absolute Gasteiger partial charge is 0.481 e. The van der Waals surface area contributed by atoms with Gasteiger partial charge in [-0.1, -0.05) is 48.5 Å². The lowest BCUT2D eigenvalue weighted by atomic mass is 9.97. The Hall–Kier alpha value is -3.45. The van der Waals surface area contributed by atoms with E-state index in [0.717, 1.165) is 11.1 Å². The number of carbonyl (C=O) groups excluding carboxylic acids is 1. The van der Waals surface area contributed by atoms with Crippen LogP contribution in [0.5, 0.6) is 11.9 Å². The fraction of sp³-hybridized carbons (Fsp3) is 0.292. The molecule has 0 bridgehead atoms. The van der Waals surface area contributed by atoms with Gasteiger partial charge in [-0.25, -0.2) is 4.98 Å². The van der Waals surface area contributed by atoms with Crippen molar-refractivity contribution in [2.45, 2.75) is 27.0 Å². The van der Waals surface area contributed by atoms with E-state index in [0.29, 0.717) is 32.1 Å². The third-order valence-electron chi connectivity index (χ3n) is 4.87. The summed E-state index contributed by atoms with van der Waals surface area (Å²) in [7, 11) is 1.57. The third kappa shape index (κ3) is 6.26. The highest BCUT2D eigenvalue weighted by Crippen LogP contribution is 2.26. The van der Waals surface area contributed by atoms with Crippen LogP contribution in [0.1, 0.15) is 23.6 Å². The fourth-order valence-corrected chi connectivity index (χ4v) is 3.21. The van der Waals surface area contributed by atoms with Gasteiger partial charge in [0.15, 0.2) is 0 Å². The molecular weight excluding hydrogens is 392 g/mol. The van der Waals surface area contributed by atoms with Crippen molar-refractivity contribution in [1.82, 2.24) is 20.6 Å². The van der Waals surface area contributed by atoms with Gasteiger partial charge in [0.25, 0.3) is 0 Å². The summed E-state index contributed by atoms with van der Waals surface area (Å²) in [6.45, 7) is 5.68. The number of nitrogens with zero attached hydrogens (tertiary/aromatic N) is 2. The zero-order valence-corrected chi connectivity index (χ0v) is 18.1. The number of nitrogens with one attached hydrogen (secondary N) is 2. The normalized spacial score (nSPS) is 10.5. The van der Waals surface area contributed by atoms with Gasteiger partial charge in [-0.15, -0.1) is 0 Å². The van der Waals surface area contributed by atoms with Crippen LogP contribution in [-0.2, 0) is 17.9 Å². The van der Waals surface area contributed by atoms with Crippen molar-refractivity contribution in [1.29, 1.82) is 0 Å². The molecule has 7 nitrogen and oxygen atoms in total. The first-order valence-electron chi connectivity index (χ1n) is 10.2. The minimum atomic E-state index is -0.0474. The molecule has 1 amide bonds. The molecule has 3 aromatic rings. The van der Waals surface area contributed by atoms with E-state index in [1.165, 1.54) is 23.6 Å². The number of aromatic nitrogens is 2. The van der Waals surface area contributed by atoms with E-state index in [1.54, 1.807) is 13.3 Å². The average molecular weight is 421 g/mol. The molecule has 0 radical (unpaired) electrons. The number of amides is 1. The van der Waals surface area contributed by atoms with Crippen LogP contribution >= 0.6 is 0 Å². The van der Waals surface area contributed by atoms with Gasteiger partial charge < -0.3 is 20.1 Å². The van der Waals surface area contributed by atoms with Crippen LogP contribution < -0.4 is 20.1 Å². The van der Waals surface area contributed by atoms with Crippen LogP contribution in [0.2, 0.25) is 0 Å². The van der Waals surface area contributed by atoms with E-state index < -0.39 is 0 Å². The fourth-order valence-electron chi connectivity index (χ4n) is 3.21. The van der Waals surface area contributed by atoms with Gasteiger partial charge in [0.1, 0.15) is 6.61 Å². The second kappa shape index (κ2) is 11.1. The van der Waals surface area contributed by atoms with Crippen molar-refractivity contribution >= 4 is 5.91 Å². The van der Waals surface area contributed by atoms with Crippen LogP contribution in [0.25, 0.3) is 11.1 Å². The molecule has 31 heavy (non-hydrogen) atoms. The minimum Gasteiger partial charge on any atom is -0.481 e. The molecule has 7 heteroatoms. The Morgan fingerprint density at radius 3 is 2.58 bits per heavy atom. The van der Waals surface area contributed by atoms with E-state index in [2.05, 4.69) is 45.7 Å². The maximum atomic E-state index is 10.9. The zero-order valence-electron chi connectivity index (χ0n) is 18.1. The second-order valence-electron chi connectivity index (χ2n) is 7.09. The quantitative estimate of drug-likeness (QED) is 0.490. The van der Waals surface area contributed by atoms with Gasteiger partial charge in [-0.2, -0.15) is 4.98 Å². The van der Waals surface area contributed by atoms with Crippen LogP contribution in [-0.4, -0.2) is 36.1 Å². The molecule has 0 atom stereocenters. The van der Waals surface area contributed by atoms with Crippen molar-refractivity contribution in [3.8, 4) is 23.0 Å². The lowest BCUT2D eigenvalue weighted by Crippen LogP contribution is -2.30. The Labute approximate surface area is 182 Å². The van der Waals surface area contributed by atoms with Crippen molar-refractivity contribution in [3.05, 3.63) is 71.4 Å². The summed E-state index contributed by atoms with van der Waals surface area (Å²) in [5.41, 5.74) is 5.42. The predicted molar refractivity (Wildman–Crippen MR) is 120 cm³/mol. The highest BCUT2D eigenvalue weighted by Gasteiger charge is 2.11. The molecule has 0 aliphatic heterocycles. The standard InChI is InChI=1S/C24H28N4O3/c1-17-20(10-7-11-22(17)19-8-5-4-6-9-19)16-31-24-27-15-21(23(28-24)30-3)14-25-12-13-26-18(2)29/h4-11,15,25H,12-14,16H2,1-3H3,(H,26,29). The van der Waals surface area contributed by atoms with Crippen molar-refractivity contribution in [3.63, 3.8) is 0 Å². The molecule has 162 valence electrons. The number of ether oxygens (including phenoxy) is 2. The Kier molecular flexibility index (Phi) is 7.95.